The molecule has 1 aliphatic rings. The molecule has 2 N–H and O–H groups in total. The maximum atomic E-state index is 11.6. The minimum absolute atomic E-state index is 0.251. The van der Waals surface area contributed by atoms with E-state index in [9.17, 15) is 4.79 Å². The normalized spacial score (nSPS) is 26.2. The summed E-state index contributed by atoms with van der Waals surface area (Å²) in [5.41, 5.74) is -0.418. The summed E-state index contributed by atoms with van der Waals surface area (Å²) >= 11 is 0. The van der Waals surface area contributed by atoms with Gasteiger partial charge in [-0.15, -0.1) is 0 Å². The Bertz CT molecular complexity index is 236. The van der Waals surface area contributed by atoms with Crippen LogP contribution >= 0.6 is 0 Å². The lowest BCUT2D eigenvalue weighted by molar-refractivity contribution is 0.0473. The molecule has 1 fully saturated rings. The van der Waals surface area contributed by atoms with Crippen molar-refractivity contribution in [3.8, 4) is 0 Å². The van der Waals surface area contributed by atoms with Crippen LogP contribution in [0.1, 0.15) is 40.5 Å². The average molecular weight is 228 g/mol. The van der Waals surface area contributed by atoms with E-state index in [-0.39, 0.29) is 12.1 Å². The molecule has 0 aromatic rings. The second kappa shape index (κ2) is 5.53. The fourth-order valence-corrected chi connectivity index (χ4v) is 2.00. The molecular weight excluding hydrogens is 204 g/mol. The molecule has 0 aromatic heterocycles. The number of carbonyl (C=O) groups is 1. The molecule has 1 rings (SSSR count). The van der Waals surface area contributed by atoms with Gasteiger partial charge in [0, 0.05) is 6.04 Å². The number of nitrogens with one attached hydrogen (secondary N) is 2. The molecule has 0 aromatic carbocycles. The van der Waals surface area contributed by atoms with Crippen molar-refractivity contribution in [3.05, 3.63) is 0 Å². The number of amides is 1. The molecule has 4 nitrogen and oxygen atoms in total. The van der Waals surface area contributed by atoms with Crippen molar-refractivity contribution in [1.29, 1.82) is 0 Å². The molecule has 0 radical (unpaired) electrons. The van der Waals surface area contributed by atoms with Gasteiger partial charge in [-0.3, -0.25) is 0 Å². The highest BCUT2D eigenvalue weighted by atomic mass is 16.6. The minimum atomic E-state index is -0.418. The molecule has 4 heteroatoms. The number of alkyl carbamates (subject to hydrolysis) is 1. The van der Waals surface area contributed by atoms with Gasteiger partial charge in [-0.2, -0.15) is 0 Å². The van der Waals surface area contributed by atoms with Crippen LogP contribution in [-0.4, -0.2) is 30.8 Å². The standard InChI is InChI=1S/C12H24N2O2/c1-5-9-8-13-7-6-10(9)14-11(15)16-12(2,3)4/h9-10,13H,5-8H2,1-4H3,(H,14,15)/t9-,10+/m0/s1. The Morgan fingerprint density at radius 1 is 1.50 bits per heavy atom. The largest absolute Gasteiger partial charge is 0.444 e. The Morgan fingerprint density at radius 3 is 2.75 bits per heavy atom. The van der Waals surface area contributed by atoms with Crippen molar-refractivity contribution in [2.24, 2.45) is 5.92 Å². The lowest BCUT2D eigenvalue weighted by Crippen LogP contribution is -2.50. The Balaban J connectivity index is 2.42. The number of carbonyl (C=O) groups excluding carboxylic acids is 1. The van der Waals surface area contributed by atoms with Crippen molar-refractivity contribution >= 4 is 6.09 Å². The third kappa shape index (κ3) is 4.39. The molecule has 0 bridgehead atoms. The van der Waals surface area contributed by atoms with Crippen LogP contribution in [0.25, 0.3) is 0 Å². The molecule has 1 saturated heterocycles. The Kier molecular flexibility index (Phi) is 4.59. The van der Waals surface area contributed by atoms with Gasteiger partial charge in [-0.1, -0.05) is 13.3 Å². The third-order valence-corrected chi connectivity index (χ3v) is 2.83. The topological polar surface area (TPSA) is 50.4 Å². The maximum absolute atomic E-state index is 11.6. The molecule has 1 aliphatic heterocycles. The van der Waals surface area contributed by atoms with Crippen LogP contribution < -0.4 is 10.6 Å². The smallest absolute Gasteiger partial charge is 0.407 e. The van der Waals surface area contributed by atoms with Crippen molar-refractivity contribution in [1.82, 2.24) is 10.6 Å². The monoisotopic (exact) mass is 228 g/mol. The molecule has 0 unspecified atom stereocenters. The van der Waals surface area contributed by atoms with E-state index < -0.39 is 5.60 Å². The van der Waals surface area contributed by atoms with Crippen LogP contribution in [0.5, 0.6) is 0 Å². The summed E-state index contributed by atoms with van der Waals surface area (Å²) in [5, 5.41) is 6.32. The highest BCUT2D eigenvalue weighted by Crippen LogP contribution is 2.15. The first-order chi connectivity index (χ1) is 7.42. The van der Waals surface area contributed by atoms with E-state index in [0.717, 1.165) is 25.9 Å². The predicted octanol–water partition coefficient (Wildman–Crippen LogP) is 1.90. The van der Waals surface area contributed by atoms with Gasteiger partial charge in [0.25, 0.3) is 0 Å². The van der Waals surface area contributed by atoms with Gasteiger partial charge >= 0.3 is 6.09 Å². The molecule has 0 aliphatic carbocycles. The van der Waals surface area contributed by atoms with Gasteiger partial charge in [0.05, 0.1) is 0 Å². The maximum Gasteiger partial charge on any atom is 0.407 e. The number of hydrogen-bond donors (Lipinski definition) is 2. The van der Waals surface area contributed by atoms with Crippen molar-refractivity contribution in [2.75, 3.05) is 13.1 Å². The predicted molar refractivity (Wildman–Crippen MR) is 64.4 cm³/mol. The molecule has 2 atom stereocenters. The Labute approximate surface area is 98.1 Å². The number of piperidine rings is 1. The van der Waals surface area contributed by atoms with E-state index in [0.29, 0.717) is 5.92 Å². The molecule has 94 valence electrons. The molecule has 1 amide bonds. The SMILES string of the molecule is CC[C@H]1CNCC[C@H]1NC(=O)OC(C)(C)C. The number of ether oxygens (including phenoxy) is 1. The van der Waals surface area contributed by atoms with Crippen LogP contribution in [0.15, 0.2) is 0 Å². The van der Waals surface area contributed by atoms with Gasteiger partial charge < -0.3 is 15.4 Å². The first kappa shape index (κ1) is 13.3. The lowest BCUT2D eigenvalue weighted by Gasteiger charge is -2.32. The summed E-state index contributed by atoms with van der Waals surface area (Å²) in [6, 6.07) is 0.251. The van der Waals surface area contributed by atoms with Crippen LogP contribution in [0.4, 0.5) is 4.79 Å². The van der Waals surface area contributed by atoms with Crippen molar-refractivity contribution < 1.29 is 9.53 Å². The van der Waals surface area contributed by atoms with E-state index >= 15 is 0 Å². The summed E-state index contributed by atoms with van der Waals surface area (Å²) in [7, 11) is 0. The van der Waals surface area contributed by atoms with Crippen LogP contribution in [0.2, 0.25) is 0 Å². The first-order valence-corrected chi connectivity index (χ1v) is 6.12. The molecule has 0 saturated carbocycles. The lowest BCUT2D eigenvalue weighted by atomic mass is 9.91. The summed E-state index contributed by atoms with van der Waals surface area (Å²) < 4.78 is 5.26. The summed E-state index contributed by atoms with van der Waals surface area (Å²) in [6.45, 7) is 9.75. The van der Waals surface area contributed by atoms with Gasteiger partial charge in [-0.25, -0.2) is 4.79 Å². The second-order valence-corrected chi connectivity index (χ2v) is 5.41. The summed E-state index contributed by atoms with van der Waals surface area (Å²) in [5.74, 6) is 0.515. The number of rotatable bonds is 2. The quantitative estimate of drug-likeness (QED) is 0.759. The second-order valence-electron chi connectivity index (χ2n) is 5.41. The number of hydrogen-bond acceptors (Lipinski definition) is 3. The van der Waals surface area contributed by atoms with Crippen LogP contribution in [-0.2, 0) is 4.74 Å². The molecule has 1 heterocycles. The fraction of sp³-hybridized carbons (Fsp3) is 0.917. The molecule has 16 heavy (non-hydrogen) atoms. The van der Waals surface area contributed by atoms with E-state index in [2.05, 4.69) is 17.6 Å². The highest BCUT2D eigenvalue weighted by molar-refractivity contribution is 5.68. The summed E-state index contributed by atoms with van der Waals surface area (Å²) in [6.07, 6.45) is 1.77. The average Bonchev–Trinajstić information content (AvgIpc) is 2.15. The zero-order chi connectivity index (χ0) is 12.2. The van der Waals surface area contributed by atoms with E-state index in [1.165, 1.54) is 0 Å². The highest BCUT2D eigenvalue weighted by Gasteiger charge is 2.26. The Hall–Kier alpha value is -0.770. The van der Waals surface area contributed by atoms with E-state index in [4.69, 9.17) is 4.74 Å². The summed E-state index contributed by atoms with van der Waals surface area (Å²) in [4.78, 5) is 11.6. The van der Waals surface area contributed by atoms with Gasteiger partial charge in [-0.05, 0) is 46.2 Å². The molecule has 0 spiro atoms. The van der Waals surface area contributed by atoms with Crippen LogP contribution in [0.3, 0.4) is 0 Å². The Morgan fingerprint density at radius 2 is 2.19 bits per heavy atom. The van der Waals surface area contributed by atoms with E-state index in [1.807, 2.05) is 20.8 Å². The zero-order valence-electron chi connectivity index (χ0n) is 10.8. The zero-order valence-corrected chi connectivity index (χ0v) is 10.8. The van der Waals surface area contributed by atoms with Crippen LogP contribution in [0, 0.1) is 5.92 Å². The molecular formula is C12H24N2O2. The van der Waals surface area contributed by atoms with E-state index in [1.54, 1.807) is 0 Å². The van der Waals surface area contributed by atoms with Gasteiger partial charge in [0.1, 0.15) is 5.60 Å². The van der Waals surface area contributed by atoms with Crippen molar-refractivity contribution in [2.45, 2.75) is 52.2 Å². The first-order valence-electron chi connectivity index (χ1n) is 6.12. The third-order valence-electron chi connectivity index (χ3n) is 2.83. The fourth-order valence-electron chi connectivity index (χ4n) is 2.00. The van der Waals surface area contributed by atoms with Crippen molar-refractivity contribution in [3.63, 3.8) is 0 Å². The van der Waals surface area contributed by atoms with Gasteiger partial charge in [0.2, 0.25) is 0 Å². The minimum Gasteiger partial charge on any atom is -0.444 e. The van der Waals surface area contributed by atoms with Gasteiger partial charge in [0.15, 0.2) is 0 Å².